The zero-order valence-corrected chi connectivity index (χ0v) is 12.9. The summed E-state index contributed by atoms with van der Waals surface area (Å²) in [6, 6.07) is 9.84. The predicted molar refractivity (Wildman–Crippen MR) is 87.4 cm³/mol. The third-order valence-electron chi connectivity index (χ3n) is 3.62. The minimum absolute atomic E-state index is 0.290. The first kappa shape index (κ1) is 14.4. The molecular weight excluding hydrogens is 309 g/mol. The van der Waals surface area contributed by atoms with Crippen molar-refractivity contribution in [3.05, 3.63) is 66.3 Å². The quantitative estimate of drug-likeness (QED) is 0.623. The monoisotopic (exact) mass is 323 g/mol. The molecule has 0 aliphatic heterocycles. The molecule has 0 bridgehead atoms. The summed E-state index contributed by atoms with van der Waals surface area (Å²) in [5.74, 6) is 1.82. The van der Waals surface area contributed by atoms with Crippen LogP contribution >= 0.6 is 0 Å². The number of rotatable bonds is 4. The van der Waals surface area contributed by atoms with Gasteiger partial charge in [0.2, 0.25) is 0 Å². The number of aryl methyl sites for hydroxylation is 1. The molecule has 7 heteroatoms. The second kappa shape index (κ2) is 5.77. The van der Waals surface area contributed by atoms with E-state index in [0.29, 0.717) is 23.8 Å². The SMILES string of the molecule is Cc1nc(NCc2ccco2)c2cnn(-c3ccc(F)cc3)c2n1. The van der Waals surface area contributed by atoms with Crippen LogP contribution in [0.5, 0.6) is 0 Å². The fourth-order valence-electron chi connectivity index (χ4n) is 2.51. The number of benzene rings is 1. The van der Waals surface area contributed by atoms with Gasteiger partial charge in [0.25, 0.3) is 0 Å². The molecule has 3 aromatic heterocycles. The van der Waals surface area contributed by atoms with Crippen molar-refractivity contribution in [1.82, 2.24) is 19.7 Å². The van der Waals surface area contributed by atoms with Gasteiger partial charge >= 0.3 is 0 Å². The summed E-state index contributed by atoms with van der Waals surface area (Å²) in [5, 5.41) is 8.41. The molecule has 0 aliphatic carbocycles. The fraction of sp³-hybridized carbons (Fsp3) is 0.118. The Labute approximate surface area is 137 Å². The highest BCUT2D eigenvalue weighted by atomic mass is 19.1. The van der Waals surface area contributed by atoms with Crippen LogP contribution in [0.1, 0.15) is 11.6 Å². The Morgan fingerprint density at radius 1 is 1.17 bits per heavy atom. The third kappa shape index (κ3) is 2.60. The third-order valence-corrected chi connectivity index (χ3v) is 3.62. The summed E-state index contributed by atoms with van der Waals surface area (Å²) >= 11 is 0. The van der Waals surface area contributed by atoms with Gasteiger partial charge in [-0.25, -0.2) is 19.0 Å². The van der Waals surface area contributed by atoms with E-state index in [9.17, 15) is 4.39 Å². The molecule has 0 saturated heterocycles. The van der Waals surface area contributed by atoms with Gasteiger partial charge in [0, 0.05) is 0 Å². The van der Waals surface area contributed by atoms with Crippen LogP contribution in [0.15, 0.2) is 53.3 Å². The molecule has 24 heavy (non-hydrogen) atoms. The molecule has 0 atom stereocenters. The van der Waals surface area contributed by atoms with E-state index in [2.05, 4.69) is 20.4 Å². The highest BCUT2D eigenvalue weighted by molar-refractivity contribution is 5.87. The molecule has 0 aliphatic rings. The minimum atomic E-state index is -0.290. The maximum Gasteiger partial charge on any atom is 0.168 e. The largest absolute Gasteiger partial charge is 0.467 e. The second-order valence-corrected chi connectivity index (χ2v) is 5.32. The molecule has 6 nitrogen and oxygen atoms in total. The Balaban J connectivity index is 1.75. The zero-order chi connectivity index (χ0) is 16.5. The molecule has 4 aromatic rings. The normalized spacial score (nSPS) is 11.1. The molecule has 1 aromatic carbocycles. The van der Waals surface area contributed by atoms with E-state index in [0.717, 1.165) is 16.8 Å². The molecule has 0 fully saturated rings. The molecule has 0 radical (unpaired) electrons. The number of hydrogen-bond acceptors (Lipinski definition) is 5. The number of anilines is 1. The van der Waals surface area contributed by atoms with Crippen LogP contribution in [0.2, 0.25) is 0 Å². The zero-order valence-electron chi connectivity index (χ0n) is 12.9. The van der Waals surface area contributed by atoms with Crippen LogP contribution in [0.3, 0.4) is 0 Å². The summed E-state index contributed by atoms with van der Waals surface area (Å²) in [4.78, 5) is 8.92. The van der Waals surface area contributed by atoms with Crippen molar-refractivity contribution in [2.45, 2.75) is 13.5 Å². The highest BCUT2D eigenvalue weighted by Gasteiger charge is 2.13. The molecule has 0 amide bonds. The first-order valence-electron chi connectivity index (χ1n) is 7.45. The van der Waals surface area contributed by atoms with Crippen LogP contribution in [0.4, 0.5) is 10.2 Å². The van der Waals surface area contributed by atoms with Crippen molar-refractivity contribution in [1.29, 1.82) is 0 Å². The number of aromatic nitrogens is 4. The van der Waals surface area contributed by atoms with Crippen molar-refractivity contribution < 1.29 is 8.81 Å². The lowest BCUT2D eigenvalue weighted by molar-refractivity contribution is 0.518. The fourth-order valence-corrected chi connectivity index (χ4v) is 2.51. The van der Waals surface area contributed by atoms with Crippen LogP contribution < -0.4 is 5.32 Å². The Morgan fingerprint density at radius 3 is 2.75 bits per heavy atom. The van der Waals surface area contributed by atoms with Gasteiger partial charge in [-0.05, 0) is 43.3 Å². The number of nitrogens with one attached hydrogen (secondary N) is 1. The highest BCUT2D eigenvalue weighted by Crippen LogP contribution is 2.23. The first-order valence-corrected chi connectivity index (χ1v) is 7.45. The lowest BCUT2D eigenvalue weighted by Gasteiger charge is -2.07. The van der Waals surface area contributed by atoms with Gasteiger partial charge in [-0.1, -0.05) is 0 Å². The number of nitrogens with zero attached hydrogens (tertiary/aromatic N) is 4. The van der Waals surface area contributed by atoms with E-state index >= 15 is 0 Å². The standard InChI is InChI=1S/C17H14FN5O/c1-11-21-16(19-9-14-3-2-8-24-14)15-10-20-23(17(15)22-11)13-6-4-12(18)5-7-13/h2-8,10H,9H2,1H3,(H,19,21,22). The summed E-state index contributed by atoms with van der Waals surface area (Å²) < 4.78 is 20.1. The second-order valence-electron chi connectivity index (χ2n) is 5.32. The van der Waals surface area contributed by atoms with Crippen LogP contribution in [0.25, 0.3) is 16.7 Å². The van der Waals surface area contributed by atoms with Crippen molar-refractivity contribution >= 4 is 16.9 Å². The average Bonchev–Trinajstić information content (AvgIpc) is 3.23. The Bertz CT molecular complexity index is 976. The first-order chi connectivity index (χ1) is 11.7. The van der Waals surface area contributed by atoms with Crippen LogP contribution in [0, 0.1) is 12.7 Å². The Hall–Kier alpha value is -3.22. The topological polar surface area (TPSA) is 68.8 Å². The van der Waals surface area contributed by atoms with Gasteiger partial charge in [0.05, 0.1) is 30.1 Å². The molecule has 0 spiro atoms. The van der Waals surface area contributed by atoms with E-state index in [1.807, 2.05) is 19.1 Å². The van der Waals surface area contributed by atoms with Gasteiger partial charge in [-0.2, -0.15) is 5.10 Å². The summed E-state index contributed by atoms with van der Waals surface area (Å²) in [5.41, 5.74) is 1.40. The van der Waals surface area contributed by atoms with E-state index in [1.54, 1.807) is 29.3 Å². The number of furan rings is 1. The summed E-state index contributed by atoms with van der Waals surface area (Å²) in [7, 11) is 0. The van der Waals surface area contributed by atoms with Crippen molar-refractivity contribution in [2.24, 2.45) is 0 Å². The van der Waals surface area contributed by atoms with Crippen molar-refractivity contribution in [3.63, 3.8) is 0 Å². The minimum Gasteiger partial charge on any atom is -0.467 e. The van der Waals surface area contributed by atoms with E-state index in [1.165, 1.54) is 12.1 Å². The van der Waals surface area contributed by atoms with E-state index < -0.39 is 0 Å². The number of hydrogen-bond donors (Lipinski definition) is 1. The molecular formula is C17H14FN5O. The number of fused-ring (bicyclic) bond motifs is 1. The maximum atomic E-state index is 13.1. The van der Waals surface area contributed by atoms with Gasteiger partial charge in [0.1, 0.15) is 23.2 Å². The van der Waals surface area contributed by atoms with Gasteiger partial charge < -0.3 is 9.73 Å². The Morgan fingerprint density at radius 2 is 2.00 bits per heavy atom. The molecule has 0 saturated carbocycles. The Kier molecular flexibility index (Phi) is 3.45. The summed E-state index contributed by atoms with van der Waals surface area (Å²) in [6.45, 7) is 2.33. The molecule has 1 N–H and O–H groups in total. The smallest absolute Gasteiger partial charge is 0.168 e. The van der Waals surface area contributed by atoms with Gasteiger partial charge in [-0.15, -0.1) is 0 Å². The van der Waals surface area contributed by atoms with Crippen LogP contribution in [-0.4, -0.2) is 19.7 Å². The average molecular weight is 323 g/mol. The lowest BCUT2D eigenvalue weighted by atomic mass is 10.3. The van der Waals surface area contributed by atoms with Crippen LogP contribution in [-0.2, 0) is 6.54 Å². The maximum absolute atomic E-state index is 13.1. The molecule has 0 unspecified atom stereocenters. The molecule has 4 rings (SSSR count). The van der Waals surface area contributed by atoms with Crippen molar-refractivity contribution in [2.75, 3.05) is 5.32 Å². The van der Waals surface area contributed by atoms with Crippen molar-refractivity contribution in [3.8, 4) is 5.69 Å². The number of halogens is 1. The summed E-state index contributed by atoms with van der Waals surface area (Å²) in [6.07, 6.45) is 3.33. The predicted octanol–water partition coefficient (Wildman–Crippen LogP) is 3.47. The van der Waals surface area contributed by atoms with E-state index in [-0.39, 0.29) is 5.82 Å². The molecule has 120 valence electrons. The van der Waals surface area contributed by atoms with Gasteiger partial charge in [0.15, 0.2) is 5.65 Å². The lowest BCUT2D eigenvalue weighted by Crippen LogP contribution is -2.04. The van der Waals surface area contributed by atoms with E-state index in [4.69, 9.17) is 4.42 Å². The van der Waals surface area contributed by atoms with Gasteiger partial charge in [-0.3, -0.25) is 0 Å². The molecule has 3 heterocycles.